The van der Waals surface area contributed by atoms with Gasteiger partial charge < -0.3 is 19.9 Å². The number of aromatic nitrogens is 1. The third kappa shape index (κ3) is 5.46. The maximum Gasteiger partial charge on any atom is 0.433 e. The van der Waals surface area contributed by atoms with Crippen molar-refractivity contribution in [3.05, 3.63) is 53.9 Å². The number of nitrogens with one attached hydrogen (secondary N) is 1. The van der Waals surface area contributed by atoms with E-state index in [2.05, 4.69) is 15.2 Å². The Bertz CT molecular complexity index is 881. The van der Waals surface area contributed by atoms with E-state index in [1.54, 1.807) is 0 Å². The molecule has 2 aliphatic heterocycles. The Morgan fingerprint density at radius 3 is 2.39 bits per heavy atom. The molecule has 1 aromatic heterocycles. The Morgan fingerprint density at radius 2 is 1.74 bits per heavy atom. The molecule has 0 saturated carbocycles. The van der Waals surface area contributed by atoms with Crippen LogP contribution in [0, 0.1) is 0 Å². The summed E-state index contributed by atoms with van der Waals surface area (Å²) in [6.07, 6.45) is -2.17. The van der Waals surface area contributed by atoms with Gasteiger partial charge in [-0.05, 0) is 36.2 Å². The maximum atomic E-state index is 12.7. The molecule has 2 aromatic rings. The average Bonchev–Trinajstić information content (AvgIpc) is 3.23. The normalized spacial score (nSPS) is 19.5. The Labute approximate surface area is 179 Å². The van der Waals surface area contributed by atoms with Crippen LogP contribution < -0.4 is 15.1 Å². The fourth-order valence-corrected chi connectivity index (χ4v) is 3.96. The van der Waals surface area contributed by atoms with E-state index in [9.17, 15) is 18.0 Å². The van der Waals surface area contributed by atoms with E-state index in [1.807, 2.05) is 29.2 Å². The Balaban J connectivity index is 1.26. The number of amides is 1. The summed E-state index contributed by atoms with van der Waals surface area (Å²) in [6.45, 7) is 4.40. The molecule has 9 heteroatoms. The summed E-state index contributed by atoms with van der Waals surface area (Å²) in [6, 6.07) is 10.4. The monoisotopic (exact) mass is 434 g/mol. The topological polar surface area (TPSA) is 57.7 Å². The summed E-state index contributed by atoms with van der Waals surface area (Å²) >= 11 is 0. The number of carbonyl (C=O) groups excluding carboxylic acids is 1. The van der Waals surface area contributed by atoms with Crippen molar-refractivity contribution in [2.24, 2.45) is 0 Å². The number of hydrogen-bond donors (Lipinski definition) is 1. The van der Waals surface area contributed by atoms with Crippen LogP contribution in [0.15, 0.2) is 42.6 Å². The molecule has 2 aliphatic rings. The molecule has 1 amide bonds. The second-order valence-corrected chi connectivity index (χ2v) is 7.84. The maximum absolute atomic E-state index is 12.7. The highest BCUT2D eigenvalue weighted by Gasteiger charge is 2.32. The predicted octanol–water partition coefficient (Wildman–Crippen LogP) is 2.87. The van der Waals surface area contributed by atoms with Gasteiger partial charge in [0, 0.05) is 37.9 Å². The summed E-state index contributed by atoms with van der Waals surface area (Å²) in [5, 5.41) is 3.03. The van der Waals surface area contributed by atoms with Crippen molar-refractivity contribution >= 4 is 17.3 Å². The van der Waals surface area contributed by atoms with Crippen molar-refractivity contribution < 1.29 is 22.7 Å². The molecule has 6 nitrogen and oxygen atoms in total. The lowest BCUT2D eigenvalue weighted by Gasteiger charge is -2.28. The molecule has 0 spiro atoms. The molecule has 166 valence electrons. The lowest BCUT2D eigenvalue weighted by molar-refractivity contribution is -0.141. The molecule has 1 atom stereocenters. The molecule has 2 fully saturated rings. The van der Waals surface area contributed by atoms with E-state index in [4.69, 9.17) is 4.74 Å². The number of morpholine rings is 1. The summed E-state index contributed by atoms with van der Waals surface area (Å²) in [4.78, 5) is 20.2. The Hall–Kier alpha value is -2.81. The van der Waals surface area contributed by atoms with E-state index in [1.165, 1.54) is 12.3 Å². The first-order valence-corrected chi connectivity index (χ1v) is 10.4. The van der Waals surface area contributed by atoms with Gasteiger partial charge in [-0.2, -0.15) is 13.2 Å². The largest absolute Gasteiger partial charge is 0.433 e. The van der Waals surface area contributed by atoms with Gasteiger partial charge in [0.15, 0.2) is 0 Å². The van der Waals surface area contributed by atoms with Crippen LogP contribution in [0.25, 0.3) is 0 Å². The van der Waals surface area contributed by atoms with Crippen LogP contribution in [0.5, 0.6) is 0 Å². The minimum Gasteiger partial charge on any atom is -0.378 e. The number of anilines is 2. The molecule has 1 N–H and O–H groups in total. The number of nitrogens with zero attached hydrogens (tertiary/aromatic N) is 3. The van der Waals surface area contributed by atoms with Gasteiger partial charge in [0.05, 0.1) is 31.5 Å². The van der Waals surface area contributed by atoms with Crippen LogP contribution in [0.3, 0.4) is 0 Å². The zero-order valence-corrected chi connectivity index (χ0v) is 17.1. The highest BCUT2D eigenvalue weighted by atomic mass is 19.4. The minimum absolute atomic E-state index is 0.0394. The molecule has 31 heavy (non-hydrogen) atoms. The first-order chi connectivity index (χ1) is 14.9. The van der Waals surface area contributed by atoms with Crippen LogP contribution >= 0.6 is 0 Å². The van der Waals surface area contributed by atoms with Gasteiger partial charge >= 0.3 is 6.18 Å². The quantitative estimate of drug-likeness (QED) is 0.785. The highest BCUT2D eigenvalue weighted by Crippen LogP contribution is 2.29. The molecular weight excluding hydrogens is 409 g/mol. The molecule has 0 aliphatic carbocycles. The second kappa shape index (κ2) is 9.13. The number of carbonyl (C=O) groups is 1. The zero-order chi connectivity index (χ0) is 21.8. The Kier molecular flexibility index (Phi) is 6.31. The van der Waals surface area contributed by atoms with Gasteiger partial charge in [0.1, 0.15) is 5.69 Å². The molecular formula is C22H25F3N4O2. The van der Waals surface area contributed by atoms with Crippen molar-refractivity contribution in [2.75, 3.05) is 49.2 Å². The highest BCUT2D eigenvalue weighted by molar-refractivity contribution is 5.79. The van der Waals surface area contributed by atoms with Crippen molar-refractivity contribution in [3.8, 4) is 0 Å². The number of alkyl halides is 3. The van der Waals surface area contributed by atoms with Gasteiger partial charge in [-0.1, -0.05) is 12.1 Å². The van der Waals surface area contributed by atoms with Gasteiger partial charge in [-0.3, -0.25) is 4.79 Å². The second-order valence-electron chi connectivity index (χ2n) is 7.84. The molecule has 1 aromatic carbocycles. The Morgan fingerprint density at radius 1 is 1.03 bits per heavy atom. The minimum atomic E-state index is -4.44. The van der Waals surface area contributed by atoms with Crippen LogP contribution in [-0.2, 0) is 22.1 Å². The van der Waals surface area contributed by atoms with Gasteiger partial charge in [0.25, 0.3) is 0 Å². The van der Waals surface area contributed by atoms with Crippen molar-refractivity contribution in [1.82, 2.24) is 10.3 Å². The summed E-state index contributed by atoms with van der Waals surface area (Å²) in [5.74, 6) is -0.0588. The van der Waals surface area contributed by atoms with Crippen LogP contribution in [0.2, 0.25) is 0 Å². The first-order valence-electron chi connectivity index (χ1n) is 10.4. The lowest BCUT2D eigenvalue weighted by atomic mass is 10.1. The number of pyridine rings is 1. The fourth-order valence-electron chi connectivity index (χ4n) is 3.96. The third-order valence-electron chi connectivity index (χ3n) is 5.63. The van der Waals surface area contributed by atoms with E-state index in [-0.39, 0.29) is 11.9 Å². The van der Waals surface area contributed by atoms with Crippen LogP contribution in [0.4, 0.5) is 24.5 Å². The average molecular weight is 434 g/mol. The number of halogens is 3. The standard InChI is InChI=1S/C22H25F3N4O2/c23-22(24,25)20-6-5-19(14-26-20)29-8-7-17(15-29)27-21(30)13-16-1-3-18(4-2-16)28-9-11-31-12-10-28/h1-6,14,17H,7-13,15H2,(H,27,30). The predicted molar refractivity (Wildman–Crippen MR) is 111 cm³/mol. The molecule has 0 radical (unpaired) electrons. The van der Waals surface area contributed by atoms with E-state index in [0.717, 1.165) is 50.0 Å². The first kappa shape index (κ1) is 21.4. The lowest BCUT2D eigenvalue weighted by Crippen LogP contribution is -2.38. The summed E-state index contributed by atoms with van der Waals surface area (Å²) < 4.78 is 43.4. The number of rotatable bonds is 5. The fraction of sp³-hybridized carbons (Fsp3) is 0.455. The van der Waals surface area contributed by atoms with Crippen molar-refractivity contribution in [1.29, 1.82) is 0 Å². The number of hydrogen-bond acceptors (Lipinski definition) is 5. The van der Waals surface area contributed by atoms with Crippen LogP contribution in [0.1, 0.15) is 17.7 Å². The smallest absolute Gasteiger partial charge is 0.378 e. The third-order valence-corrected chi connectivity index (χ3v) is 5.63. The molecule has 2 saturated heterocycles. The van der Waals surface area contributed by atoms with Crippen molar-refractivity contribution in [2.45, 2.75) is 25.1 Å². The van der Waals surface area contributed by atoms with Gasteiger partial charge in [0.2, 0.25) is 5.91 Å². The molecule has 3 heterocycles. The summed E-state index contributed by atoms with van der Waals surface area (Å²) in [5.41, 5.74) is 1.80. The molecule has 1 unspecified atom stereocenters. The molecule has 0 bridgehead atoms. The number of benzene rings is 1. The summed E-state index contributed by atoms with van der Waals surface area (Å²) in [7, 11) is 0. The van der Waals surface area contributed by atoms with Gasteiger partial charge in [-0.25, -0.2) is 4.98 Å². The SMILES string of the molecule is O=C(Cc1ccc(N2CCOCC2)cc1)NC1CCN(c2ccc(C(F)(F)F)nc2)C1. The van der Waals surface area contributed by atoms with Crippen LogP contribution in [-0.4, -0.2) is 56.3 Å². The van der Waals surface area contributed by atoms with E-state index in [0.29, 0.717) is 25.2 Å². The molecule has 4 rings (SSSR count). The van der Waals surface area contributed by atoms with Crippen molar-refractivity contribution in [3.63, 3.8) is 0 Å². The zero-order valence-electron chi connectivity index (χ0n) is 17.1. The van der Waals surface area contributed by atoms with Gasteiger partial charge in [-0.15, -0.1) is 0 Å². The van der Waals surface area contributed by atoms with E-state index < -0.39 is 11.9 Å². The van der Waals surface area contributed by atoms with E-state index >= 15 is 0 Å². The number of ether oxygens (including phenoxy) is 1.